The van der Waals surface area contributed by atoms with Crippen LogP contribution in [0.3, 0.4) is 0 Å². The zero-order valence-corrected chi connectivity index (χ0v) is 14.4. The predicted octanol–water partition coefficient (Wildman–Crippen LogP) is 3.90. The molecule has 2 aliphatic rings. The van der Waals surface area contributed by atoms with Crippen molar-refractivity contribution < 1.29 is 0 Å². The number of rotatable bonds is 3. The Bertz CT molecular complexity index is 315. The molecule has 0 aromatic rings. The summed E-state index contributed by atoms with van der Waals surface area (Å²) >= 11 is 0. The molecule has 0 aromatic heterocycles. The van der Waals surface area contributed by atoms with Crippen molar-refractivity contribution in [3.63, 3.8) is 0 Å². The van der Waals surface area contributed by atoms with Crippen molar-refractivity contribution in [3.05, 3.63) is 0 Å². The van der Waals surface area contributed by atoms with Crippen molar-refractivity contribution >= 4 is 0 Å². The number of nitrogens with two attached hydrogens (primary N) is 1. The largest absolute Gasteiger partial charge is 0.329 e. The van der Waals surface area contributed by atoms with Gasteiger partial charge in [0.1, 0.15) is 0 Å². The Labute approximate surface area is 126 Å². The zero-order valence-electron chi connectivity index (χ0n) is 14.4. The van der Waals surface area contributed by atoms with Crippen LogP contribution in [0.5, 0.6) is 0 Å². The van der Waals surface area contributed by atoms with E-state index in [1.807, 2.05) is 0 Å². The molecule has 118 valence electrons. The van der Waals surface area contributed by atoms with Gasteiger partial charge in [-0.1, -0.05) is 40.5 Å². The Morgan fingerprint density at radius 3 is 2.50 bits per heavy atom. The van der Waals surface area contributed by atoms with Gasteiger partial charge in [0.2, 0.25) is 0 Å². The average molecular weight is 280 g/mol. The van der Waals surface area contributed by atoms with E-state index in [1.165, 1.54) is 38.6 Å². The second-order valence-electron chi connectivity index (χ2n) is 8.12. The highest BCUT2D eigenvalue weighted by Gasteiger charge is 2.49. The lowest BCUT2D eigenvalue weighted by molar-refractivity contribution is -0.0772. The van der Waals surface area contributed by atoms with Gasteiger partial charge in [0.05, 0.1) is 0 Å². The van der Waals surface area contributed by atoms with Gasteiger partial charge in [-0.05, 0) is 49.9 Å². The lowest BCUT2D eigenvalue weighted by atomic mass is 9.65. The van der Waals surface area contributed by atoms with E-state index in [9.17, 15) is 0 Å². The van der Waals surface area contributed by atoms with E-state index >= 15 is 0 Å². The Morgan fingerprint density at radius 1 is 1.20 bits per heavy atom. The van der Waals surface area contributed by atoms with Gasteiger partial charge in [-0.2, -0.15) is 0 Å². The molecule has 1 heterocycles. The first-order valence-electron chi connectivity index (χ1n) is 8.89. The predicted molar refractivity (Wildman–Crippen MR) is 87.7 cm³/mol. The van der Waals surface area contributed by atoms with Crippen LogP contribution in [-0.2, 0) is 0 Å². The zero-order chi connectivity index (χ0) is 14.9. The van der Waals surface area contributed by atoms with E-state index in [0.717, 1.165) is 30.2 Å². The fourth-order valence-electron chi connectivity index (χ4n) is 5.23. The Hall–Kier alpha value is -0.0800. The number of hydrogen-bond acceptors (Lipinski definition) is 2. The molecule has 0 amide bonds. The highest BCUT2D eigenvalue weighted by molar-refractivity contribution is 5.04. The van der Waals surface area contributed by atoms with Crippen molar-refractivity contribution in [2.45, 2.75) is 78.3 Å². The molecule has 20 heavy (non-hydrogen) atoms. The summed E-state index contributed by atoms with van der Waals surface area (Å²) in [5, 5.41) is 0. The Kier molecular flexibility index (Phi) is 5.18. The summed E-state index contributed by atoms with van der Waals surface area (Å²) in [7, 11) is 0. The maximum Gasteiger partial charge on any atom is 0.0365 e. The molecule has 2 rings (SSSR count). The molecular formula is C18H36N2. The SMILES string of the molecule is CC1CC(C)C(C)N(C2(CN)CCCCC2C(C)C)C1. The fraction of sp³-hybridized carbons (Fsp3) is 1.00. The van der Waals surface area contributed by atoms with Crippen LogP contribution < -0.4 is 5.73 Å². The lowest BCUT2D eigenvalue weighted by Crippen LogP contribution is -2.66. The molecule has 0 radical (unpaired) electrons. The van der Waals surface area contributed by atoms with Gasteiger partial charge in [-0.3, -0.25) is 4.90 Å². The van der Waals surface area contributed by atoms with Crippen LogP contribution in [0.4, 0.5) is 0 Å². The van der Waals surface area contributed by atoms with E-state index in [1.54, 1.807) is 0 Å². The summed E-state index contributed by atoms with van der Waals surface area (Å²) in [4.78, 5) is 2.84. The molecule has 0 bridgehead atoms. The molecule has 2 heteroatoms. The third-order valence-electron chi connectivity index (χ3n) is 6.39. The van der Waals surface area contributed by atoms with Crippen LogP contribution in [0.2, 0.25) is 0 Å². The van der Waals surface area contributed by atoms with Crippen LogP contribution in [0.15, 0.2) is 0 Å². The molecule has 0 aromatic carbocycles. The Balaban J connectivity index is 2.31. The topological polar surface area (TPSA) is 29.3 Å². The van der Waals surface area contributed by atoms with Gasteiger partial charge in [0.15, 0.2) is 0 Å². The standard InChI is InChI=1S/C18H36N2/c1-13(2)17-8-6-7-9-18(17,12-19)20-11-14(3)10-15(4)16(20)5/h13-17H,6-12,19H2,1-5H3. The summed E-state index contributed by atoms with van der Waals surface area (Å²) in [6.07, 6.45) is 6.84. The average Bonchev–Trinajstić information content (AvgIpc) is 2.42. The third kappa shape index (κ3) is 2.78. The molecule has 2 fully saturated rings. The summed E-state index contributed by atoms with van der Waals surface area (Å²) in [6.45, 7) is 14.2. The monoisotopic (exact) mass is 280 g/mol. The second kappa shape index (κ2) is 6.36. The lowest BCUT2D eigenvalue weighted by Gasteiger charge is -2.58. The van der Waals surface area contributed by atoms with Gasteiger partial charge in [0.25, 0.3) is 0 Å². The van der Waals surface area contributed by atoms with Gasteiger partial charge in [0, 0.05) is 24.7 Å². The highest BCUT2D eigenvalue weighted by Crippen LogP contribution is 2.45. The number of likely N-dealkylation sites (tertiary alicyclic amines) is 1. The van der Waals surface area contributed by atoms with E-state index in [4.69, 9.17) is 5.73 Å². The minimum Gasteiger partial charge on any atom is -0.329 e. The number of piperidine rings is 1. The van der Waals surface area contributed by atoms with Crippen LogP contribution in [-0.4, -0.2) is 29.6 Å². The molecule has 0 spiro atoms. The van der Waals surface area contributed by atoms with Crippen molar-refractivity contribution in [2.75, 3.05) is 13.1 Å². The van der Waals surface area contributed by atoms with Crippen molar-refractivity contribution in [1.29, 1.82) is 0 Å². The van der Waals surface area contributed by atoms with E-state index in [0.29, 0.717) is 6.04 Å². The van der Waals surface area contributed by atoms with Crippen LogP contribution in [0, 0.1) is 23.7 Å². The minimum absolute atomic E-state index is 0.273. The smallest absolute Gasteiger partial charge is 0.0365 e. The molecule has 1 aliphatic carbocycles. The maximum absolute atomic E-state index is 6.41. The normalized spacial score (nSPS) is 44.0. The van der Waals surface area contributed by atoms with Gasteiger partial charge < -0.3 is 5.73 Å². The summed E-state index contributed by atoms with van der Waals surface area (Å²) in [5.74, 6) is 3.15. The molecule has 2 N–H and O–H groups in total. The van der Waals surface area contributed by atoms with Crippen LogP contribution in [0.25, 0.3) is 0 Å². The first kappa shape index (κ1) is 16.3. The summed E-state index contributed by atoms with van der Waals surface area (Å²) in [6, 6.07) is 0.689. The molecule has 5 unspecified atom stereocenters. The van der Waals surface area contributed by atoms with Crippen molar-refractivity contribution in [1.82, 2.24) is 4.90 Å². The first-order valence-corrected chi connectivity index (χ1v) is 8.89. The second-order valence-corrected chi connectivity index (χ2v) is 8.12. The minimum atomic E-state index is 0.273. The van der Waals surface area contributed by atoms with E-state index < -0.39 is 0 Å². The van der Waals surface area contributed by atoms with E-state index in [-0.39, 0.29) is 5.54 Å². The summed E-state index contributed by atoms with van der Waals surface area (Å²) < 4.78 is 0. The van der Waals surface area contributed by atoms with Gasteiger partial charge in [-0.15, -0.1) is 0 Å². The Morgan fingerprint density at radius 2 is 1.90 bits per heavy atom. The molecule has 5 atom stereocenters. The van der Waals surface area contributed by atoms with Crippen molar-refractivity contribution in [3.8, 4) is 0 Å². The number of hydrogen-bond donors (Lipinski definition) is 1. The third-order valence-corrected chi connectivity index (χ3v) is 6.39. The van der Waals surface area contributed by atoms with Gasteiger partial charge in [-0.25, -0.2) is 0 Å². The van der Waals surface area contributed by atoms with Crippen LogP contribution >= 0.6 is 0 Å². The van der Waals surface area contributed by atoms with Crippen molar-refractivity contribution in [2.24, 2.45) is 29.4 Å². The van der Waals surface area contributed by atoms with Crippen LogP contribution in [0.1, 0.15) is 66.7 Å². The van der Waals surface area contributed by atoms with Gasteiger partial charge >= 0.3 is 0 Å². The number of nitrogens with zero attached hydrogens (tertiary/aromatic N) is 1. The molecule has 1 saturated heterocycles. The van der Waals surface area contributed by atoms with E-state index in [2.05, 4.69) is 39.5 Å². The summed E-state index contributed by atoms with van der Waals surface area (Å²) in [5.41, 5.74) is 6.68. The molecule has 1 aliphatic heterocycles. The fourth-order valence-corrected chi connectivity index (χ4v) is 5.23. The highest BCUT2D eigenvalue weighted by atomic mass is 15.3. The molecule has 2 nitrogen and oxygen atoms in total. The molecular weight excluding hydrogens is 244 g/mol. The quantitative estimate of drug-likeness (QED) is 0.849. The first-order chi connectivity index (χ1) is 9.42. The molecule has 1 saturated carbocycles. The maximum atomic E-state index is 6.41.